The first kappa shape index (κ1) is 22.3. The van der Waals surface area contributed by atoms with Crippen LogP contribution < -0.4 is 5.32 Å². The van der Waals surface area contributed by atoms with Gasteiger partial charge in [-0.3, -0.25) is 14.6 Å². The Morgan fingerprint density at radius 2 is 2.00 bits per heavy atom. The highest BCUT2D eigenvalue weighted by atomic mass is 19.4. The number of alkyl halides is 3. The molecule has 2 aromatic rings. The molecule has 1 heterocycles. The maximum Gasteiger partial charge on any atom is 0.416 e. The van der Waals surface area contributed by atoms with Crippen molar-refractivity contribution in [3.63, 3.8) is 0 Å². The first-order valence-corrected chi connectivity index (χ1v) is 9.22. The van der Waals surface area contributed by atoms with Crippen molar-refractivity contribution in [1.82, 2.24) is 20.2 Å². The third-order valence-corrected chi connectivity index (χ3v) is 4.49. The van der Waals surface area contributed by atoms with Crippen molar-refractivity contribution < 1.29 is 22.8 Å². The van der Waals surface area contributed by atoms with Gasteiger partial charge in [-0.15, -0.1) is 0 Å². The molecule has 1 N–H and O–H groups in total. The van der Waals surface area contributed by atoms with E-state index in [1.165, 1.54) is 30.7 Å². The van der Waals surface area contributed by atoms with Crippen molar-refractivity contribution in [2.24, 2.45) is 0 Å². The van der Waals surface area contributed by atoms with Crippen molar-refractivity contribution in [2.75, 3.05) is 6.54 Å². The zero-order chi connectivity index (χ0) is 21.4. The molecule has 1 aromatic heterocycles. The normalized spacial score (nSPS) is 12.3. The molecule has 0 aliphatic rings. The van der Waals surface area contributed by atoms with Gasteiger partial charge in [0.2, 0.25) is 5.91 Å². The summed E-state index contributed by atoms with van der Waals surface area (Å²) < 4.78 is 38.3. The van der Waals surface area contributed by atoms with E-state index >= 15 is 0 Å². The molecule has 0 spiro atoms. The number of carbonyl (C=O) groups is 2. The fraction of sp³-hybridized carbons (Fsp3) is 0.400. The lowest BCUT2D eigenvalue weighted by molar-refractivity contribution is -0.137. The molecule has 2 rings (SSSR count). The van der Waals surface area contributed by atoms with Crippen LogP contribution in [0, 0.1) is 0 Å². The summed E-state index contributed by atoms with van der Waals surface area (Å²) in [6.07, 6.45) is 0.533. The summed E-state index contributed by atoms with van der Waals surface area (Å²) in [5.41, 5.74) is -0.221. The number of carbonyl (C=O) groups excluding carboxylic acids is 2. The van der Waals surface area contributed by atoms with Gasteiger partial charge in [-0.2, -0.15) is 13.2 Å². The molecule has 6 nitrogen and oxygen atoms in total. The lowest BCUT2D eigenvalue weighted by Gasteiger charge is -2.28. The Labute approximate surface area is 167 Å². The molecule has 29 heavy (non-hydrogen) atoms. The summed E-state index contributed by atoms with van der Waals surface area (Å²) >= 11 is 0. The highest BCUT2D eigenvalue weighted by Gasteiger charge is 2.30. The number of benzene rings is 1. The highest BCUT2D eigenvalue weighted by molar-refractivity contribution is 5.92. The largest absolute Gasteiger partial charge is 0.416 e. The Kier molecular flexibility index (Phi) is 7.69. The molecular formula is C20H23F3N4O2. The molecule has 0 aliphatic carbocycles. The van der Waals surface area contributed by atoms with Gasteiger partial charge in [0.05, 0.1) is 11.8 Å². The van der Waals surface area contributed by atoms with E-state index in [0.29, 0.717) is 12.0 Å². The van der Waals surface area contributed by atoms with Crippen molar-refractivity contribution >= 4 is 11.8 Å². The molecule has 0 fully saturated rings. The van der Waals surface area contributed by atoms with E-state index in [-0.39, 0.29) is 43.1 Å². The van der Waals surface area contributed by atoms with Crippen molar-refractivity contribution in [1.29, 1.82) is 0 Å². The van der Waals surface area contributed by atoms with Crippen LogP contribution in [0.5, 0.6) is 0 Å². The van der Waals surface area contributed by atoms with E-state index in [4.69, 9.17) is 0 Å². The molecule has 0 radical (unpaired) electrons. The Morgan fingerprint density at radius 3 is 2.62 bits per heavy atom. The standard InChI is InChI=1S/C20H23F3N4O2/c1-3-14(2)27(19(29)17-13-24-8-9-25-17)10-7-18(28)26-12-15-5-4-6-16(11-15)20(21,22)23/h4-6,8-9,11,13-14H,3,7,10,12H2,1-2H3,(H,26,28)/t14-/m0/s1. The van der Waals surface area contributed by atoms with Crippen LogP contribution in [0.4, 0.5) is 13.2 Å². The Hall–Kier alpha value is -2.97. The van der Waals surface area contributed by atoms with E-state index in [2.05, 4.69) is 15.3 Å². The van der Waals surface area contributed by atoms with E-state index in [1.54, 1.807) is 4.90 Å². The van der Waals surface area contributed by atoms with Crippen LogP contribution in [0.25, 0.3) is 0 Å². The number of rotatable bonds is 8. The number of amides is 2. The second kappa shape index (κ2) is 9.99. The lowest BCUT2D eigenvalue weighted by atomic mass is 10.1. The minimum absolute atomic E-state index is 0.0231. The van der Waals surface area contributed by atoms with Crippen LogP contribution in [0.15, 0.2) is 42.9 Å². The summed E-state index contributed by atoms with van der Waals surface area (Å²) in [6, 6.07) is 4.69. The van der Waals surface area contributed by atoms with Crippen LogP contribution >= 0.6 is 0 Å². The second-order valence-electron chi connectivity index (χ2n) is 6.57. The van der Waals surface area contributed by atoms with Gasteiger partial charge >= 0.3 is 6.18 Å². The van der Waals surface area contributed by atoms with Crippen LogP contribution in [-0.2, 0) is 17.5 Å². The summed E-state index contributed by atoms with van der Waals surface area (Å²) in [4.78, 5) is 34.3. The topological polar surface area (TPSA) is 75.2 Å². The Bertz CT molecular complexity index is 828. The van der Waals surface area contributed by atoms with Gasteiger partial charge in [0, 0.05) is 37.9 Å². The lowest BCUT2D eigenvalue weighted by Crippen LogP contribution is -2.41. The van der Waals surface area contributed by atoms with Gasteiger partial charge in [0.15, 0.2) is 0 Å². The van der Waals surface area contributed by atoms with E-state index in [0.717, 1.165) is 12.1 Å². The van der Waals surface area contributed by atoms with Crippen LogP contribution in [-0.4, -0.2) is 39.3 Å². The number of halogens is 3. The molecule has 1 aromatic carbocycles. The summed E-state index contributed by atoms with van der Waals surface area (Å²) in [5, 5.41) is 2.60. The van der Waals surface area contributed by atoms with Gasteiger partial charge in [-0.1, -0.05) is 19.1 Å². The molecule has 0 unspecified atom stereocenters. The number of nitrogens with one attached hydrogen (secondary N) is 1. The first-order chi connectivity index (χ1) is 13.7. The molecule has 9 heteroatoms. The smallest absolute Gasteiger partial charge is 0.352 e. The molecular weight excluding hydrogens is 385 g/mol. The Morgan fingerprint density at radius 1 is 1.24 bits per heavy atom. The maximum absolute atomic E-state index is 12.8. The molecule has 0 saturated heterocycles. The molecule has 156 valence electrons. The van der Waals surface area contributed by atoms with E-state index in [1.807, 2.05) is 13.8 Å². The van der Waals surface area contributed by atoms with Crippen molar-refractivity contribution in [3.8, 4) is 0 Å². The average Bonchev–Trinajstić information content (AvgIpc) is 2.72. The summed E-state index contributed by atoms with van der Waals surface area (Å²) in [7, 11) is 0. The fourth-order valence-electron chi connectivity index (χ4n) is 2.67. The molecule has 0 aliphatic heterocycles. The minimum Gasteiger partial charge on any atom is -0.352 e. The minimum atomic E-state index is -4.43. The van der Waals surface area contributed by atoms with Gasteiger partial charge in [-0.05, 0) is 31.0 Å². The highest BCUT2D eigenvalue weighted by Crippen LogP contribution is 2.29. The summed E-state index contributed by atoms with van der Waals surface area (Å²) in [5.74, 6) is -0.680. The molecule has 0 saturated carbocycles. The van der Waals surface area contributed by atoms with E-state index in [9.17, 15) is 22.8 Å². The zero-order valence-corrected chi connectivity index (χ0v) is 16.2. The van der Waals surface area contributed by atoms with Crippen LogP contribution in [0.2, 0.25) is 0 Å². The first-order valence-electron chi connectivity index (χ1n) is 9.22. The van der Waals surface area contributed by atoms with Crippen LogP contribution in [0.3, 0.4) is 0 Å². The number of nitrogens with zero attached hydrogens (tertiary/aromatic N) is 3. The Balaban J connectivity index is 1.94. The molecule has 0 bridgehead atoms. The molecule has 1 atom stereocenters. The maximum atomic E-state index is 12.8. The number of hydrogen-bond acceptors (Lipinski definition) is 4. The monoisotopic (exact) mass is 408 g/mol. The van der Waals surface area contributed by atoms with Crippen molar-refractivity contribution in [3.05, 3.63) is 59.7 Å². The third-order valence-electron chi connectivity index (χ3n) is 4.49. The number of aromatic nitrogens is 2. The third kappa shape index (κ3) is 6.55. The van der Waals surface area contributed by atoms with Crippen molar-refractivity contribution in [2.45, 2.75) is 45.5 Å². The molecule has 2 amide bonds. The zero-order valence-electron chi connectivity index (χ0n) is 16.2. The average molecular weight is 408 g/mol. The van der Waals surface area contributed by atoms with Gasteiger partial charge < -0.3 is 10.2 Å². The van der Waals surface area contributed by atoms with Crippen LogP contribution in [0.1, 0.15) is 48.3 Å². The predicted octanol–water partition coefficient (Wildman–Crippen LogP) is 3.44. The second-order valence-corrected chi connectivity index (χ2v) is 6.57. The van der Waals surface area contributed by atoms with Gasteiger partial charge in [-0.25, -0.2) is 4.98 Å². The van der Waals surface area contributed by atoms with Gasteiger partial charge in [0.25, 0.3) is 5.91 Å². The van der Waals surface area contributed by atoms with Gasteiger partial charge in [0.1, 0.15) is 5.69 Å². The SMILES string of the molecule is CC[C@H](C)N(CCC(=O)NCc1cccc(C(F)(F)F)c1)C(=O)c1cnccn1. The van der Waals surface area contributed by atoms with E-state index < -0.39 is 11.7 Å². The fourth-order valence-corrected chi connectivity index (χ4v) is 2.67. The summed E-state index contributed by atoms with van der Waals surface area (Å²) in [6.45, 7) is 3.94. The quantitative estimate of drug-likeness (QED) is 0.726. The number of hydrogen-bond donors (Lipinski definition) is 1. The predicted molar refractivity (Wildman–Crippen MR) is 101 cm³/mol.